The number of benzene rings is 1. The van der Waals surface area contributed by atoms with Crippen molar-refractivity contribution in [3.8, 4) is 11.5 Å². The van der Waals surface area contributed by atoms with Gasteiger partial charge in [-0.2, -0.15) is 0 Å². The first-order valence-electron chi connectivity index (χ1n) is 10.2. The lowest BCUT2D eigenvalue weighted by molar-refractivity contribution is -0.146. The molecule has 0 saturated heterocycles. The van der Waals surface area contributed by atoms with Crippen LogP contribution in [0.1, 0.15) is 59.9 Å². The summed E-state index contributed by atoms with van der Waals surface area (Å²) in [6, 6.07) is -0.182. The molecule has 1 aromatic heterocycles. The lowest BCUT2D eigenvalue weighted by Crippen LogP contribution is -2.25. The average molecular weight is 413 g/mol. The quantitative estimate of drug-likeness (QED) is 0.708. The Balaban J connectivity index is 1.86. The number of carboxylic acid groups (broad SMARTS) is 1. The molecule has 0 saturated carbocycles. The second-order valence-corrected chi connectivity index (χ2v) is 8.28. The van der Waals surface area contributed by atoms with Crippen LogP contribution in [0.15, 0.2) is 6.08 Å². The van der Waals surface area contributed by atoms with Crippen LogP contribution in [0.2, 0.25) is 0 Å². The maximum atomic E-state index is 12.7. The van der Waals surface area contributed by atoms with Crippen LogP contribution >= 0.6 is 0 Å². The van der Waals surface area contributed by atoms with Crippen molar-refractivity contribution in [2.75, 3.05) is 0 Å². The monoisotopic (exact) mass is 413 g/mol. The Morgan fingerprint density at radius 3 is 2.83 bits per heavy atom. The molecule has 8 heteroatoms. The third-order valence-electron chi connectivity index (χ3n) is 6.33. The molecule has 0 fully saturated rings. The first-order valence-corrected chi connectivity index (χ1v) is 10.2. The fourth-order valence-electron chi connectivity index (χ4n) is 5.21. The van der Waals surface area contributed by atoms with Crippen LogP contribution in [0.3, 0.4) is 0 Å². The Morgan fingerprint density at radius 1 is 1.37 bits per heavy atom. The van der Waals surface area contributed by atoms with E-state index >= 15 is 0 Å². The van der Waals surface area contributed by atoms with Gasteiger partial charge in [-0.15, -0.1) is 0 Å². The summed E-state index contributed by atoms with van der Waals surface area (Å²) < 4.78 is 13.7. The number of phenolic OH excluding ortho intramolecular Hbond substituents is 1. The maximum Gasteiger partial charge on any atom is 0.305 e. The minimum absolute atomic E-state index is 0.157. The van der Waals surface area contributed by atoms with Gasteiger partial charge in [-0.25, -0.2) is 0 Å². The normalized spacial score (nSPS) is 25.6. The van der Waals surface area contributed by atoms with Crippen LogP contribution in [0.5, 0.6) is 11.5 Å². The number of hydrogen-bond donors (Lipinski definition) is 3. The summed E-state index contributed by atoms with van der Waals surface area (Å²) in [6.07, 6.45) is 2.66. The van der Waals surface area contributed by atoms with Crippen molar-refractivity contribution >= 4 is 28.7 Å². The number of aliphatic carboxylic acids is 1. The van der Waals surface area contributed by atoms with E-state index in [9.17, 15) is 24.9 Å². The number of fused-ring (bicyclic) bond motifs is 5. The standard InChI is InChI=1S/C22H23NO7/c1-9(24)14-4-5-15-12-3-6-16(25)19-18(12)20(23(14)15)13-7-11(8-17(26)27)29-10(2)30-22(13)21(19)28/h3,6,9-11,14,24,28H,4-5,7-8H2,1-2H3,(H,26,27)/t9-,10-,11-,14+/m1/s1. The number of carbonyl (C=O) groups excluding carboxylic acids is 1. The SMILES string of the molecule is C[C@H]1Oc2c(O)c3c4c(c5n(c4c2C[C@H](CC(=O)O)O1)[C@H]([C@@H](C)O)CC5)C=CC3=O. The first kappa shape index (κ1) is 19.1. The molecule has 30 heavy (non-hydrogen) atoms. The molecule has 2 aromatic rings. The second kappa shape index (κ2) is 6.58. The van der Waals surface area contributed by atoms with Gasteiger partial charge in [0.25, 0.3) is 0 Å². The van der Waals surface area contributed by atoms with Crippen molar-refractivity contribution in [3.05, 3.63) is 28.5 Å². The van der Waals surface area contributed by atoms with Crippen molar-refractivity contribution < 1.29 is 34.4 Å². The number of aliphatic hydroxyl groups is 1. The van der Waals surface area contributed by atoms with Crippen LogP contribution < -0.4 is 4.74 Å². The zero-order valence-electron chi connectivity index (χ0n) is 16.7. The first-order chi connectivity index (χ1) is 14.3. The van der Waals surface area contributed by atoms with E-state index in [0.29, 0.717) is 10.9 Å². The van der Waals surface area contributed by atoms with Crippen molar-refractivity contribution in [1.82, 2.24) is 4.57 Å². The topological polar surface area (TPSA) is 118 Å². The van der Waals surface area contributed by atoms with Crippen molar-refractivity contribution in [2.45, 2.75) is 64.1 Å². The number of carboxylic acids is 1. The smallest absolute Gasteiger partial charge is 0.305 e. The molecule has 5 rings (SSSR count). The van der Waals surface area contributed by atoms with E-state index in [2.05, 4.69) is 4.57 Å². The number of carbonyl (C=O) groups is 2. The molecular weight excluding hydrogens is 390 g/mol. The van der Waals surface area contributed by atoms with Crippen LogP contribution in [0.25, 0.3) is 17.0 Å². The second-order valence-electron chi connectivity index (χ2n) is 8.28. The molecule has 3 heterocycles. The van der Waals surface area contributed by atoms with E-state index in [1.54, 1.807) is 19.9 Å². The van der Waals surface area contributed by atoms with E-state index in [0.717, 1.165) is 29.6 Å². The van der Waals surface area contributed by atoms with E-state index in [4.69, 9.17) is 9.47 Å². The van der Waals surface area contributed by atoms with Crippen molar-refractivity contribution in [3.63, 3.8) is 0 Å². The molecule has 0 unspecified atom stereocenters. The Kier molecular flexibility index (Phi) is 4.20. The van der Waals surface area contributed by atoms with Gasteiger partial charge in [0.05, 0.1) is 35.8 Å². The highest BCUT2D eigenvalue weighted by atomic mass is 16.7. The van der Waals surface area contributed by atoms with Gasteiger partial charge in [0.15, 0.2) is 23.6 Å². The molecule has 1 aliphatic carbocycles. The summed E-state index contributed by atoms with van der Waals surface area (Å²) in [5.74, 6) is -1.38. The Labute approximate surface area is 172 Å². The fraction of sp³-hybridized carbons (Fsp3) is 0.455. The average Bonchev–Trinajstić information content (AvgIpc) is 3.16. The Morgan fingerprint density at radius 2 is 2.13 bits per heavy atom. The van der Waals surface area contributed by atoms with E-state index in [1.165, 1.54) is 6.08 Å². The van der Waals surface area contributed by atoms with Gasteiger partial charge in [-0.05, 0) is 38.8 Å². The number of nitrogens with zero attached hydrogens (tertiary/aromatic N) is 1. The van der Waals surface area contributed by atoms with Crippen LogP contribution in [0, 0.1) is 0 Å². The zero-order valence-corrected chi connectivity index (χ0v) is 16.7. The summed E-state index contributed by atoms with van der Waals surface area (Å²) in [7, 11) is 0. The minimum atomic E-state index is -0.991. The molecule has 1 aromatic carbocycles. The van der Waals surface area contributed by atoms with Gasteiger partial charge in [0.1, 0.15) is 0 Å². The van der Waals surface area contributed by atoms with E-state index in [-0.39, 0.29) is 41.7 Å². The maximum absolute atomic E-state index is 12.7. The number of allylic oxidation sites excluding steroid dienone is 1. The third kappa shape index (κ3) is 2.60. The van der Waals surface area contributed by atoms with Crippen molar-refractivity contribution in [2.24, 2.45) is 0 Å². The summed E-state index contributed by atoms with van der Waals surface area (Å²) in [5.41, 5.74) is 3.40. The molecule has 8 nitrogen and oxygen atoms in total. The number of ether oxygens (including phenoxy) is 2. The fourth-order valence-corrected chi connectivity index (χ4v) is 5.21. The molecule has 0 radical (unpaired) electrons. The van der Waals surface area contributed by atoms with E-state index in [1.807, 2.05) is 0 Å². The van der Waals surface area contributed by atoms with Gasteiger partial charge >= 0.3 is 5.97 Å². The van der Waals surface area contributed by atoms with Gasteiger partial charge in [-0.1, -0.05) is 0 Å². The van der Waals surface area contributed by atoms with Crippen LogP contribution in [-0.2, 0) is 22.4 Å². The number of aromatic hydroxyl groups is 1. The predicted molar refractivity (Wildman–Crippen MR) is 107 cm³/mol. The molecule has 4 atom stereocenters. The summed E-state index contributed by atoms with van der Waals surface area (Å²) in [6.45, 7) is 3.37. The Hall–Kier alpha value is -2.84. The summed E-state index contributed by atoms with van der Waals surface area (Å²) in [5, 5.41) is 31.4. The molecule has 0 amide bonds. The molecule has 0 bridgehead atoms. The number of phenols is 1. The lowest BCUT2D eigenvalue weighted by atomic mass is 9.90. The number of rotatable bonds is 3. The number of aromatic nitrogens is 1. The van der Waals surface area contributed by atoms with Crippen LogP contribution in [-0.4, -0.2) is 50.1 Å². The van der Waals surface area contributed by atoms with Gasteiger partial charge < -0.3 is 29.4 Å². The highest BCUT2D eigenvalue weighted by Crippen LogP contribution is 2.51. The molecule has 158 valence electrons. The van der Waals surface area contributed by atoms with Gasteiger partial charge in [-0.3, -0.25) is 9.59 Å². The van der Waals surface area contributed by atoms with Gasteiger partial charge in [0.2, 0.25) is 0 Å². The number of hydrogen-bond acceptors (Lipinski definition) is 6. The third-order valence-corrected chi connectivity index (χ3v) is 6.33. The van der Waals surface area contributed by atoms with Gasteiger partial charge in [0, 0.05) is 28.6 Å². The largest absolute Gasteiger partial charge is 0.504 e. The number of aliphatic hydroxyl groups excluding tert-OH is 1. The minimum Gasteiger partial charge on any atom is -0.504 e. The highest BCUT2D eigenvalue weighted by Gasteiger charge is 2.39. The van der Waals surface area contributed by atoms with Crippen LogP contribution in [0.4, 0.5) is 0 Å². The molecule has 3 aliphatic rings. The molecular formula is C22H23NO7. The number of ketones is 1. The lowest BCUT2D eigenvalue weighted by Gasteiger charge is -2.22. The highest BCUT2D eigenvalue weighted by molar-refractivity contribution is 6.23. The molecule has 2 aliphatic heterocycles. The predicted octanol–water partition coefficient (Wildman–Crippen LogP) is 2.57. The molecule has 3 N–H and O–H groups in total. The Bertz CT molecular complexity index is 1130. The summed E-state index contributed by atoms with van der Waals surface area (Å²) >= 11 is 0. The molecule has 0 spiro atoms. The zero-order chi connectivity index (χ0) is 21.3. The summed E-state index contributed by atoms with van der Waals surface area (Å²) in [4.78, 5) is 24.1. The van der Waals surface area contributed by atoms with E-state index < -0.39 is 24.5 Å². The van der Waals surface area contributed by atoms with Crippen molar-refractivity contribution in [1.29, 1.82) is 0 Å².